The molecule has 0 heterocycles. The van der Waals surface area contributed by atoms with Crippen molar-refractivity contribution >= 4 is 12.0 Å². The number of benzene rings is 3. The molecule has 1 aliphatic carbocycles. The summed E-state index contributed by atoms with van der Waals surface area (Å²) in [5.74, 6) is -0.253. The van der Waals surface area contributed by atoms with Crippen LogP contribution in [0.5, 0.6) is 0 Å². The summed E-state index contributed by atoms with van der Waals surface area (Å²) in [5, 5.41) is 25.9. The van der Waals surface area contributed by atoms with Crippen molar-refractivity contribution in [1.29, 1.82) is 0 Å². The van der Waals surface area contributed by atoms with E-state index in [1.807, 2.05) is 24.3 Å². The molecule has 0 saturated carbocycles. The van der Waals surface area contributed by atoms with Crippen molar-refractivity contribution in [2.24, 2.45) is 0 Å². The third kappa shape index (κ3) is 4.95. The highest BCUT2D eigenvalue weighted by molar-refractivity contribution is 5.93. The number of carbonyl (C=O) groups is 2. The van der Waals surface area contributed by atoms with E-state index >= 15 is 0 Å². The van der Waals surface area contributed by atoms with Crippen molar-refractivity contribution in [3.63, 3.8) is 0 Å². The van der Waals surface area contributed by atoms with E-state index in [1.54, 1.807) is 31.3 Å². The standard InChI is InChI=1S/C27H28N2O5/c1-28-26(32)18-12-10-17(11-13-18)25(31)24(30)14-15-29-27(33)34-16-23-21-8-4-2-6-19(21)20-7-3-5-9-22(20)23/h2-13,23-25,30-31H,14-16H2,1H3,(H,28,32)(H,29,33). The summed E-state index contributed by atoms with van der Waals surface area (Å²) in [7, 11) is 1.54. The van der Waals surface area contributed by atoms with Gasteiger partial charge in [-0.1, -0.05) is 60.7 Å². The van der Waals surface area contributed by atoms with Crippen LogP contribution >= 0.6 is 0 Å². The molecule has 34 heavy (non-hydrogen) atoms. The zero-order valence-electron chi connectivity index (χ0n) is 18.9. The summed E-state index contributed by atoms with van der Waals surface area (Å²) < 4.78 is 5.48. The molecule has 2 unspecified atom stereocenters. The molecule has 7 nitrogen and oxygen atoms in total. The molecule has 0 saturated heterocycles. The Labute approximate surface area is 198 Å². The maximum atomic E-state index is 12.3. The van der Waals surface area contributed by atoms with Crippen molar-refractivity contribution in [2.45, 2.75) is 24.5 Å². The molecular weight excluding hydrogens is 432 g/mol. The number of alkyl carbamates (subject to hydrolysis) is 1. The molecule has 1 aliphatic rings. The van der Waals surface area contributed by atoms with Gasteiger partial charge in [-0.05, 0) is 46.4 Å². The number of fused-ring (bicyclic) bond motifs is 3. The van der Waals surface area contributed by atoms with Gasteiger partial charge in [-0.15, -0.1) is 0 Å². The van der Waals surface area contributed by atoms with Crippen LogP contribution in [0.15, 0.2) is 72.8 Å². The summed E-state index contributed by atoms with van der Waals surface area (Å²) in [6.45, 7) is 0.355. The van der Waals surface area contributed by atoms with Crippen molar-refractivity contribution in [2.75, 3.05) is 20.2 Å². The fraction of sp³-hybridized carbons (Fsp3) is 0.259. The molecule has 0 bridgehead atoms. The lowest BCUT2D eigenvalue weighted by atomic mass is 9.98. The number of hydrogen-bond donors (Lipinski definition) is 4. The molecule has 2 amide bonds. The highest BCUT2D eigenvalue weighted by Crippen LogP contribution is 2.44. The van der Waals surface area contributed by atoms with Crippen LogP contribution in [0.2, 0.25) is 0 Å². The lowest BCUT2D eigenvalue weighted by molar-refractivity contribution is 0.0136. The molecule has 0 aromatic heterocycles. The average Bonchev–Trinajstić information content (AvgIpc) is 3.20. The molecule has 3 aromatic carbocycles. The number of aliphatic hydroxyl groups is 2. The number of amides is 2. The average molecular weight is 461 g/mol. The highest BCUT2D eigenvalue weighted by Gasteiger charge is 2.29. The van der Waals surface area contributed by atoms with Gasteiger partial charge < -0.3 is 25.6 Å². The van der Waals surface area contributed by atoms with Crippen LogP contribution in [0.4, 0.5) is 4.79 Å². The van der Waals surface area contributed by atoms with Crippen molar-refractivity contribution in [3.8, 4) is 11.1 Å². The summed E-state index contributed by atoms with van der Waals surface area (Å²) in [5.41, 5.74) is 5.54. The molecule has 2 atom stereocenters. The third-order valence-corrected chi connectivity index (χ3v) is 6.16. The van der Waals surface area contributed by atoms with Crippen LogP contribution in [-0.4, -0.2) is 48.5 Å². The zero-order valence-corrected chi connectivity index (χ0v) is 18.9. The smallest absolute Gasteiger partial charge is 0.407 e. The van der Waals surface area contributed by atoms with E-state index in [9.17, 15) is 19.8 Å². The van der Waals surface area contributed by atoms with E-state index in [-0.39, 0.29) is 31.4 Å². The van der Waals surface area contributed by atoms with E-state index in [4.69, 9.17) is 4.74 Å². The largest absolute Gasteiger partial charge is 0.449 e. The molecule has 176 valence electrons. The van der Waals surface area contributed by atoms with Gasteiger partial charge in [0, 0.05) is 25.1 Å². The highest BCUT2D eigenvalue weighted by atomic mass is 16.5. The molecule has 7 heteroatoms. The van der Waals surface area contributed by atoms with Crippen LogP contribution in [0.3, 0.4) is 0 Å². The molecule has 0 radical (unpaired) electrons. The van der Waals surface area contributed by atoms with Crippen molar-refractivity contribution in [1.82, 2.24) is 10.6 Å². The number of ether oxygens (including phenoxy) is 1. The topological polar surface area (TPSA) is 108 Å². The Kier molecular flexibility index (Phi) is 7.25. The Morgan fingerprint density at radius 1 is 0.912 bits per heavy atom. The van der Waals surface area contributed by atoms with Crippen LogP contribution in [0, 0.1) is 0 Å². The van der Waals surface area contributed by atoms with Gasteiger partial charge in [0.2, 0.25) is 0 Å². The predicted octanol–water partition coefficient (Wildman–Crippen LogP) is 3.37. The first kappa shape index (κ1) is 23.5. The summed E-state index contributed by atoms with van der Waals surface area (Å²) in [6, 6.07) is 22.6. The molecule has 4 N–H and O–H groups in total. The second-order valence-electron chi connectivity index (χ2n) is 8.25. The fourth-order valence-corrected chi connectivity index (χ4v) is 4.33. The lowest BCUT2D eigenvalue weighted by Crippen LogP contribution is -2.30. The molecular formula is C27H28N2O5. The minimum Gasteiger partial charge on any atom is -0.449 e. The van der Waals surface area contributed by atoms with E-state index < -0.39 is 18.3 Å². The third-order valence-electron chi connectivity index (χ3n) is 6.16. The second kappa shape index (κ2) is 10.5. The van der Waals surface area contributed by atoms with Gasteiger partial charge in [0.05, 0.1) is 6.10 Å². The Balaban J connectivity index is 1.26. The van der Waals surface area contributed by atoms with Gasteiger partial charge in [0.15, 0.2) is 0 Å². The maximum absolute atomic E-state index is 12.3. The van der Waals surface area contributed by atoms with Crippen LogP contribution in [-0.2, 0) is 4.74 Å². The van der Waals surface area contributed by atoms with Gasteiger partial charge in [-0.25, -0.2) is 4.79 Å². The Bertz CT molecular complexity index is 1120. The Hall–Kier alpha value is -3.68. The monoisotopic (exact) mass is 460 g/mol. The summed E-state index contributed by atoms with van der Waals surface area (Å²) in [6.07, 6.45) is -2.65. The van der Waals surface area contributed by atoms with Gasteiger partial charge in [-0.3, -0.25) is 4.79 Å². The first-order chi connectivity index (χ1) is 16.5. The predicted molar refractivity (Wildman–Crippen MR) is 128 cm³/mol. The van der Waals surface area contributed by atoms with Crippen molar-refractivity contribution in [3.05, 3.63) is 95.1 Å². The number of hydrogen-bond acceptors (Lipinski definition) is 5. The zero-order chi connectivity index (χ0) is 24.1. The van der Waals surface area contributed by atoms with Crippen LogP contribution in [0.25, 0.3) is 11.1 Å². The minimum absolute atomic E-state index is 0.0247. The van der Waals surface area contributed by atoms with Crippen LogP contribution < -0.4 is 10.6 Å². The molecule has 4 rings (SSSR count). The van der Waals surface area contributed by atoms with E-state index in [0.717, 1.165) is 22.3 Å². The van der Waals surface area contributed by atoms with Gasteiger partial charge in [0.1, 0.15) is 12.7 Å². The van der Waals surface area contributed by atoms with Gasteiger partial charge in [0.25, 0.3) is 5.91 Å². The normalized spacial score (nSPS) is 14.0. The van der Waals surface area contributed by atoms with Crippen LogP contribution in [0.1, 0.15) is 45.5 Å². The molecule has 3 aromatic rings. The number of rotatable bonds is 8. The number of aliphatic hydroxyl groups excluding tert-OH is 2. The maximum Gasteiger partial charge on any atom is 0.407 e. The van der Waals surface area contributed by atoms with E-state index in [2.05, 4.69) is 34.9 Å². The Morgan fingerprint density at radius 3 is 2.09 bits per heavy atom. The summed E-state index contributed by atoms with van der Waals surface area (Å²) >= 11 is 0. The second-order valence-corrected chi connectivity index (χ2v) is 8.25. The van der Waals surface area contributed by atoms with E-state index in [1.165, 1.54) is 0 Å². The van der Waals surface area contributed by atoms with Gasteiger partial charge in [-0.2, -0.15) is 0 Å². The minimum atomic E-state index is -1.14. The Morgan fingerprint density at radius 2 is 1.50 bits per heavy atom. The van der Waals surface area contributed by atoms with E-state index in [0.29, 0.717) is 11.1 Å². The number of carbonyl (C=O) groups excluding carboxylic acids is 2. The molecule has 0 aliphatic heterocycles. The fourth-order valence-electron chi connectivity index (χ4n) is 4.33. The first-order valence-electron chi connectivity index (χ1n) is 11.3. The van der Waals surface area contributed by atoms with Gasteiger partial charge >= 0.3 is 6.09 Å². The van der Waals surface area contributed by atoms with Crippen molar-refractivity contribution < 1.29 is 24.5 Å². The first-order valence-corrected chi connectivity index (χ1v) is 11.3. The SMILES string of the molecule is CNC(=O)c1ccc(C(O)C(O)CCNC(=O)OCC2c3ccccc3-c3ccccc32)cc1. The lowest BCUT2D eigenvalue weighted by Gasteiger charge is -2.19. The molecule has 0 spiro atoms. The number of nitrogens with one attached hydrogen (secondary N) is 2. The molecule has 0 fully saturated rings. The quantitative estimate of drug-likeness (QED) is 0.412. The summed E-state index contributed by atoms with van der Waals surface area (Å²) in [4.78, 5) is 23.9.